The van der Waals surface area contributed by atoms with Gasteiger partial charge < -0.3 is 0 Å². The minimum atomic E-state index is -3.72. The van der Waals surface area contributed by atoms with Crippen molar-refractivity contribution >= 4 is 37.7 Å². The SMILES string of the molecule is Cc1cccnc1N(C(=O)c1ccc(S(=O)(=O)N2CCCCCC2)cc1)C(=O)c1ccc(S(=O)(=O)N2CCCCCC2)cc1. The molecule has 0 unspecified atom stereocenters. The van der Waals surface area contributed by atoms with Gasteiger partial charge in [-0.15, -0.1) is 0 Å². The van der Waals surface area contributed by atoms with Gasteiger partial charge in [0.1, 0.15) is 5.82 Å². The lowest BCUT2D eigenvalue weighted by Crippen LogP contribution is -2.38. The number of hydrogen-bond acceptors (Lipinski definition) is 7. The Balaban J connectivity index is 1.43. The Kier molecular flexibility index (Phi) is 9.94. The molecule has 3 aromatic rings. The smallest absolute Gasteiger partial charge is 0.266 e. The number of pyridine rings is 1. The number of hydrogen-bond donors (Lipinski definition) is 0. The largest absolute Gasteiger partial charge is 0.268 e. The molecule has 2 saturated heterocycles. The van der Waals surface area contributed by atoms with Crippen molar-refractivity contribution in [1.29, 1.82) is 0 Å². The van der Waals surface area contributed by atoms with Crippen LogP contribution in [0.4, 0.5) is 5.82 Å². The van der Waals surface area contributed by atoms with Crippen LogP contribution in [0.3, 0.4) is 0 Å². The van der Waals surface area contributed by atoms with E-state index in [0.29, 0.717) is 31.7 Å². The third-order valence-corrected chi connectivity index (χ3v) is 12.0. The molecule has 0 atom stereocenters. The molecule has 234 valence electrons. The highest BCUT2D eigenvalue weighted by molar-refractivity contribution is 7.89. The quantitative estimate of drug-likeness (QED) is 0.333. The summed E-state index contributed by atoms with van der Waals surface area (Å²) in [5.74, 6) is -1.24. The summed E-state index contributed by atoms with van der Waals surface area (Å²) in [6, 6.07) is 14.6. The van der Waals surface area contributed by atoms with Crippen LogP contribution in [0.5, 0.6) is 0 Å². The molecule has 12 heteroatoms. The molecule has 44 heavy (non-hydrogen) atoms. The first kappa shape index (κ1) is 32.0. The normalized spacial score (nSPS) is 17.4. The monoisotopic (exact) mass is 638 g/mol. The predicted octanol–water partition coefficient (Wildman–Crippen LogP) is 5.01. The first-order valence-corrected chi connectivity index (χ1v) is 18.0. The lowest BCUT2D eigenvalue weighted by atomic mass is 10.1. The van der Waals surface area contributed by atoms with E-state index in [1.165, 1.54) is 63.3 Å². The molecule has 0 radical (unpaired) electrons. The van der Waals surface area contributed by atoms with Crippen molar-refractivity contribution in [2.24, 2.45) is 0 Å². The summed E-state index contributed by atoms with van der Waals surface area (Å²) in [6.45, 7) is 3.57. The fraction of sp³-hybridized carbons (Fsp3) is 0.406. The van der Waals surface area contributed by atoms with Gasteiger partial charge in [-0.1, -0.05) is 31.7 Å². The Bertz CT molecular complexity index is 1590. The maximum Gasteiger partial charge on any atom is 0.266 e. The number of aryl methyl sites for hydroxylation is 1. The van der Waals surface area contributed by atoms with Crippen molar-refractivity contribution in [3.8, 4) is 0 Å². The third kappa shape index (κ3) is 6.78. The Morgan fingerprint density at radius 1 is 0.614 bits per heavy atom. The van der Waals surface area contributed by atoms with E-state index in [4.69, 9.17) is 0 Å². The molecule has 2 aliphatic rings. The molecule has 0 spiro atoms. The van der Waals surface area contributed by atoms with Gasteiger partial charge in [0.25, 0.3) is 11.8 Å². The summed E-state index contributed by atoms with van der Waals surface area (Å²) in [4.78, 5) is 33.2. The molecule has 2 aromatic carbocycles. The summed E-state index contributed by atoms with van der Waals surface area (Å²) < 4.78 is 56.0. The summed E-state index contributed by atoms with van der Waals surface area (Å²) in [5.41, 5.74) is 0.798. The van der Waals surface area contributed by atoms with E-state index in [1.807, 2.05) is 0 Å². The van der Waals surface area contributed by atoms with Crippen LogP contribution < -0.4 is 4.90 Å². The maximum absolute atomic E-state index is 13.9. The number of amides is 2. The Morgan fingerprint density at radius 2 is 1.00 bits per heavy atom. The second-order valence-corrected chi connectivity index (χ2v) is 15.2. The zero-order chi connectivity index (χ0) is 31.3. The van der Waals surface area contributed by atoms with E-state index in [-0.39, 0.29) is 26.7 Å². The first-order valence-electron chi connectivity index (χ1n) is 15.1. The highest BCUT2D eigenvalue weighted by Crippen LogP contribution is 2.26. The number of sulfonamides is 2. The zero-order valence-electron chi connectivity index (χ0n) is 24.9. The second kappa shape index (κ2) is 13.7. The van der Waals surface area contributed by atoms with E-state index in [1.54, 1.807) is 19.1 Å². The van der Waals surface area contributed by atoms with Crippen LogP contribution in [0.25, 0.3) is 0 Å². The van der Waals surface area contributed by atoms with Crippen LogP contribution in [0.1, 0.15) is 77.6 Å². The molecule has 0 aliphatic carbocycles. The minimum absolute atomic E-state index is 0.0871. The van der Waals surface area contributed by atoms with Gasteiger partial charge in [0, 0.05) is 43.5 Å². The molecule has 2 fully saturated rings. The molecule has 2 aliphatic heterocycles. The fourth-order valence-corrected chi connectivity index (χ4v) is 8.69. The third-order valence-electron chi connectivity index (χ3n) is 8.21. The summed E-state index contributed by atoms with van der Waals surface area (Å²) in [7, 11) is -7.43. The lowest BCUT2D eigenvalue weighted by Gasteiger charge is -2.23. The molecule has 5 rings (SSSR count). The standard InChI is InChI=1S/C32H38N4O6S2/c1-25-11-10-20-33-30(25)36(31(37)26-12-16-28(17-13-26)43(39,40)34-21-6-2-3-7-22-34)32(38)27-14-18-29(19-15-27)44(41,42)35-23-8-4-5-9-24-35/h10-20H,2-9,21-24H2,1H3. The van der Waals surface area contributed by atoms with E-state index in [0.717, 1.165) is 56.3 Å². The molecule has 0 bridgehead atoms. The van der Waals surface area contributed by atoms with Gasteiger partial charge in [0.05, 0.1) is 9.79 Å². The Morgan fingerprint density at radius 3 is 1.36 bits per heavy atom. The van der Waals surface area contributed by atoms with E-state index in [9.17, 15) is 26.4 Å². The molecule has 1 aromatic heterocycles. The van der Waals surface area contributed by atoms with Crippen LogP contribution in [-0.2, 0) is 20.0 Å². The fourth-order valence-electron chi connectivity index (χ4n) is 5.66. The van der Waals surface area contributed by atoms with Crippen LogP contribution in [0.15, 0.2) is 76.7 Å². The summed E-state index contributed by atoms with van der Waals surface area (Å²) >= 11 is 0. The lowest BCUT2D eigenvalue weighted by molar-refractivity contribution is 0.0896. The van der Waals surface area contributed by atoms with Crippen LogP contribution >= 0.6 is 0 Å². The number of imide groups is 1. The van der Waals surface area contributed by atoms with Crippen molar-refractivity contribution in [1.82, 2.24) is 13.6 Å². The number of carbonyl (C=O) groups is 2. The number of anilines is 1. The first-order chi connectivity index (χ1) is 21.1. The van der Waals surface area contributed by atoms with Crippen LogP contribution in [0, 0.1) is 6.92 Å². The Labute approximate surface area is 259 Å². The van der Waals surface area contributed by atoms with Gasteiger partial charge in [-0.2, -0.15) is 8.61 Å². The molecular formula is C32H38N4O6S2. The van der Waals surface area contributed by atoms with Crippen molar-refractivity contribution in [2.45, 2.75) is 68.1 Å². The van der Waals surface area contributed by atoms with Gasteiger partial charge >= 0.3 is 0 Å². The van der Waals surface area contributed by atoms with Crippen molar-refractivity contribution in [3.05, 3.63) is 83.6 Å². The second-order valence-electron chi connectivity index (χ2n) is 11.3. The number of rotatable bonds is 7. The van der Waals surface area contributed by atoms with Crippen molar-refractivity contribution < 1.29 is 26.4 Å². The Hall–Kier alpha value is -3.45. The average molecular weight is 639 g/mol. The summed E-state index contributed by atoms with van der Waals surface area (Å²) in [5, 5.41) is 0. The van der Waals surface area contributed by atoms with Gasteiger partial charge in [-0.05, 0) is 92.8 Å². The molecule has 10 nitrogen and oxygen atoms in total. The number of aromatic nitrogens is 1. The number of benzene rings is 2. The van der Waals surface area contributed by atoms with Crippen molar-refractivity contribution in [2.75, 3.05) is 31.1 Å². The van der Waals surface area contributed by atoms with Gasteiger partial charge in [0.15, 0.2) is 0 Å². The maximum atomic E-state index is 13.9. The average Bonchev–Trinajstić information content (AvgIpc) is 3.49. The van der Waals surface area contributed by atoms with Gasteiger partial charge in [0.2, 0.25) is 20.0 Å². The topological polar surface area (TPSA) is 125 Å². The number of carbonyl (C=O) groups excluding carboxylic acids is 2. The van der Waals surface area contributed by atoms with Crippen LogP contribution in [-0.4, -0.2) is 68.4 Å². The van der Waals surface area contributed by atoms with Crippen LogP contribution in [0.2, 0.25) is 0 Å². The van der Waals surface area contributed by atoms with E-state index >= 15 is 0 Å². The van der Waals surface area contributed by atoms with Gasteiger partial charge in [-0.25, -0.2) is 26.7 Å². The molecule has 3 heterocycles. The van der Waals surface area contributed by atoms with E-state index in [2.05, 4.69) is 4.98 Å². The molecule has 0 saturated carbocycles. The van der Waals surface area contributed by atoms with Crippen molar-refractivity contribution in [3.63, 3.8) is 0 Å². The molecule has 2 amide bonds. The highest BCUT2D eigenvalue weighted by Gasteiger charge is 2.31. The summed E-state index contributed by atoms with van der Waals surface area (Å²) in [6.07, 6.45) is 8.68. The predicted molar refractivity (Wildman–Crippen MR) is 167 cm³/mol. The molecule has 0 N–H and O–H groups in total. The molecular weight excluding hydrogens is 601 g/mol. The number of nitrogens with zero attached hydrogens (tertiary/aromatic N) is 4. The zero-order valence-corrected chi connectivity index (χ0v) is 26.5. The highest BCUT2D eigenvalue weighted by atomic mass is 32.2. The van der Waals surface area contributed by atoms with Gasteiger partial charge in [-0.3, -0.25) is 9.59 Å². The van der Waals surface area contributed by atoms with E-state index < -0.39 is 31.9 Å². The minimum Gasteiger partial charge on any atom is -0.268 e.